The van der Waals surface area contributed by atoms with Crippen LogP contribution in [0.4, 0.5) is 0 Å². The van der Waals surface area contributed by atoms with Crippen molar-refractivity contribution in [1.29, 1.82) is 0 Å². The van der Waals surface area contributed by atoms with E-state index in [4.69, 9.17) is 4.74 Å². The van der Waals surface area contributed by atoms with E-state index in [-0.39, 0.29) is 0 Å². The highest BCUT2D eigenvalue weighted by Crippen LogP contribution is 2.21. The summed E-state index contributed by atoms with van der Waals surface area (Å²) >= 11 is 0. The van der Waals surface area contributed by atoms with Crippen molar-refractivity contribution in [3.63, 3.8) is 0 Å². The average Bonchev–Trinajstić information content (AvgIpc) is 2.55. The molecule has 2 nitrogen and oxygen atoms in total. The third-order valence-electron chi connectivity index (χ3n) is 3.78. The summed E-state index contributed by atoms with van der Waals surface area (Å²) in [4.78, 5) is 0. The van der Waals surface area contributed by atoms with E-state index >= 15 is 0 Å². The number of ether oxygens (including phenoxy) is 1. The van der Waals surface area contributed by atoms with Crippen LogP contribution in [-0.2, 0) is 6.54 Å². The maximum atomic E-state index is 5.75. The Bertz CT molecular complexity index is 507. The lowest BCUT2D eigenvalue weighted by Crippen LogP contribution is -2.20. The molecule has 0 amide bonds. The smallest absolute Gasteiger partial charge is 0.119 e. The molecule has 2 aromatic rings. The average molecular weight is 283 g/mol. The number of nitrogens with one attached hydrogen (secondary N) is 1. The van der Waals surface area contributed by atoms with E-state index in [1.807, 2.05) is 6.07 Å². The molecule has 0 heterocycles. The highest BCUT2D eigenvalue weighted by Gasteiger charge is 2.02. The van der Waals surface area contributed by atoms with Gasteiger partial charge in [0.05, 0.1) is 0 Å². The molecule has 0 radical (unpaired) electrons. The van der Waals surface area contributed by atoms with Gasteiger partial charge in [0, 0.05) is 13.1 Å². The molecule has 1 atom stereocenters. The molecule has 0 aliphatic heterocycles. The second-order valence-corrected chi connectivity index (χ2v) is 5.39. The fourth-order valence-electron chi connectivity index (χ4n) is 2.20. The summed E-state index contributed by atoms with van der Waals surface area (Å²) in [6.45, 7) is 6.89. The van der Waals surface area contributed by atoms with Gasteiger partial charge < -0.3 is 10.1 Å². The van der Waals surface area contributed by atoms with E-state index in [2.05, 4.69) is 67.7 Å². The molecule has 0 aliphatic carbocycles. The van der Waals surface area contributed by atoms with E-state index in [1.165, 1.54) is 17.5 Å². The van der Waals surface area contributed by atoms with Gasteiger partial charge in [-0.15, -0.1) is 0 Å². The lowest BCUT2D eigenvalue weighted by Gasteiger charge is -2.11. The lowest BCUT2D eigenvalue weighted by atomic mass is 9.99. The van der Waals surface area contributed by atoms with Gasteiger partial charge in [-0.25, -0.2) is 0 Å². The topological polar surface area (TPSA) is 21.3 Å². The van der Waals surface area contributed by atoms with Crippen molar-refractivity contribution in [3.05, 3.63) is 65.7 Å². The standard InChI is InChI=1S/C19H25NO/c1-3-16(2)18-9-11-19(12-10-18)21-14-13-20-15-17-7-5-4-6-8-17/h4-12,16,20H,3,13-15H2,1-2H3. The highest BCUT2D eigenvalue weighted by atomic mass is 16.5. The molecule has 0 aromatic heterocycles. The Hall–Kier alpha value is -1.80. The van der Waals surface area contributed by atoms with Crippen molar-refractivity contribution in [2.45, 2.75) is 32.7 Å². The lowest BCUT2D eigenvalue weighted by molar-refractivity contribution is 0.313. The first-order valence-corrected chi connectivity index (χ1v) is 7.77. The van der Waals surface area contributed by atoms with Gasteiger partial charge in [0.15, 0.2) is 0 Å². The van der Waals surface area contributed by atoms with E-state index in [0.29, 0.717) is 12.5 Å². The van der Waals surface area contributed by atoms with Gasteiger partial charge in [0.25, 0.3) is 0 Å². The number of benzene rings is 2. The summed E-state index contributed by atoms with van der Waals surface area (Å²) in [5, 5.41) is 3.39. The molecule has 2 aromatic carbocycles. The van der Waals surface area contributed by atoms with Crippen LogP contribution in [0.5, 0.6) is 5.75 Å². The van der Waals surface area contributed by atoms with E-state index in [9.17, 15) is 0 Å². The summed E-state index contributed by atoms with van der Waals surface area (Å²) in [7, 11) is 0. The van der Waals surface area contributed by atoms with Crippen LogP contribution in [0.25, 0.3) is 0 Å². The summed E-state index contributed by atoms with van der Waals surface area (Å²) < 4.78 is 5.75. The van der Waals surface area contributed by atoms with Gasteiger partial charge >= 0.3 is 0 Å². The Morgan fingerprint density at radius 3 is 2.38 bits per heavy atom. The molecule has 0 bridgehead atoms. The van der Waals surface area contributed by atoms with Crippen molar-refractivity contribution in [2.24, 2.45) is 0 Å². The van der Waals surface area contributed by atoms with Crippen LogP contribution in [0.1, 0.15) is 37.3 Å². The van der Waals surface area contributed by atoms with Gasteiger partial charge in [0.2, 0.25) is 0 Å². The molecule has 0 spiro atoms. The minimum atomic E-state index is 0.617. The Morgan fingerprint density at radius 1 is 1.00 bits per heavy atom. The number of hydrogen-bond donors (Lipinski definition) is 1. The number of hydrogen-bond acceptors (Lipinski definition) is 2. The monoisotopic (exact) mass is 283 g/mol. The Labute approximate surface area is 128 Å². The SMILES string of the molecule is CCC(C)c1ccc(OCCNCc2ccccc2)cc1. The molecule has 1 N–H and O–H groups in total. The zero-order valence-corrected chi connectivity index (χ0v) is 13.0. The van der Waals surface area contributed by atoms with E-state index in [0.717, 1.165) is 18.8 Å². The zero-order chi connectivity index (χ0) is 14.9. The molecule has 21 heavy (non-hydrogen) atoms. The molecule has 112 valence electrons. The van der Waals surface area contributed by atoms with Gasteiger partial charge in [-0.3, -0.25) is 0 Å². The second-order valence-electron chi connectivity index (χ2n) is 5.39. The van der Waals surface area contributed by atoms with Crippen LogP contribution in [0.2, 0.25) is 0 Å². The van der Waals surface area contributed by atoms with Crippen molar-refractivity contribution in [3.8, 4) is 5.75 Å². The maximum Gasteiger partial charge on any atom is 0.119 e. The van der Waals surface area contributed by atoms with Crippen LogP contribution < -0.4 is 10.1 Å². The van der Waals surface area contributed by atoms with Crippen LogP contribution in [-0.4, -0.2) is 13.2 Å². The summed E-state index contributed by atoms with van der Waals surface area (Å²) in [6, 6.07) is 18.9. The normalized spacial score (nSPS) is 12.1. The summed E-state index contributed by atoms with van der Waals surface area (Å²) in [5.74, 6) is 1.56. The predicted molar refractivity (Wildman–Crippen MR) is 88.8 cm³/mol. The summed E-state index contributed by atoms with van der Waals surface area (Å²) in [6.07, 6.45) is 1.17. The van der Waals surface area contributed by atoms with Crippen molar-refractivity contribution >= 4 is 0 Å². The van der Waals surface area contributed by atoms with Crippen molar-refractivity contribution < 1.29 is 4.74 Å². The van der Waals surface area contributed by atoms with Gasteiger partial charge in [0.1, 0.15) is 12.4 Å². The van der Waals surface area contributed by atoms with Crippen LogP contribution in [0.15, 0.2) is 54.6 Å². The minimum absolute atomic E-state index is 0.617. The Kier molecular flexibility index (Phi) is 6.29. The third kappa shape index (κ3) is 5.24. The molecule has 0 fully saturated rings. The molecule has 2 rings (SSSR count). The van der Waals surface area contributed by atoms with Crippen LogP contribution in [0.3, 0.4) is 0 Å². The Balaban J connectivity index is 1.67. The van der Waals surface area contributed by atoms with Crippen LogP contribution in [0, 0.1) is 0 Å². The minimum Gasteiger partial charge on any atom is -0.492 e. The van der Waals surface area contributed by atoms with Crippen molar-refractivity contribution in [1.82, 2.24) is 5.32 Å². The van der Waals surface area contributed by atoms with Crippen LogP contribution >= 0.6 is 0 Å². The van der Waals surface area contributed by atoms with Gasteiger partial charge in [-0.2, -0.15) is 0 Å². The first-order valence-electron chi connectivity index (χ1n) is 7.77. The molecule has 0 aliphatic rings. The van der Waals surface area contributed by atoms with Gasteiger partial charge in [-0.05, 0) is 35.6 Å². The fourth-order valence-corrected chi connectivity index (χ4v) is 2.20. The maximum absolute atomic E-state index is 5.75. The highest BCUT2D eigenvalue weighted by molar-refractivity contribution is 5.29. The molecule has 0 saturated carbocycles. The summed E-state index contributed by atoms with van der Waals surface area (Å²) in [5.41, 5.74) is 2.68. The van der Waals surface area contributed by atoms with Crippen molar-refractivity contribution in [2.75, 3.05) is 13.2 Å². The fraction of sp³-hybridized carbons (Fsp3) is 0.368. The van der Waals surface area contributed by atoms with E-state index in [1.54, 1.807) is 0 Å². The number of rotatable bonds is 8. The Morgan fingerprint density at radius 2 is 1.71 bits per heavy atom. The molecular formula is C19H25NO. The first kappa shape index (κ1) is 15.6. The quantitative estimate of drug-likeness (QED) is 0.726. The van der Waals surface area contributed by atoms with Gasteiger partial charge in [-0.1, -0.05) is 56.3 Å². The molecule has 1 unspecified atom stereocenters. The first-order chi connectivity index (χ1) is 10.3. The molecular weight excluding hydrogens is 258 g/mol. The zero-order valence-electron chi connectivity index (χ0n) is 13.0. The molecule has 2 heteroatoms. The predicted octanol–water partition coefficient (Wildman–Crippen LogP) is 4.37. The van der Waals surface area contributed by atoms with E-state index < -0.39 is 0 Å². The third-order valence-corrected chi connectivity index (χ3v) is 3.78. The molecule has 0 saturated heterocycles. The largest absolute Gasteiger partial charge is 0.492 e. The second kappa shape index (κ2) is 8.48.